The summed E-state index contributed by atoms with van der Waals surface area (Å²) in [4.78, 5) is 0. The summed E-state index contributed by atoms with van der Waals surface area (Å²) in [5, 5.41) is 0. The monoisotopic (exact) mass is 368 g/mol. The van der Waals surface area contributed by atoms with Gasteiger partial charge in [-0.05, 0) is 57.3 Å². The first-order valence-electron chi connectivity index (χ1n) is 5.68. The van der Waals surface area contributed by atoms with Crippen LogP contribution in [0.5, 0.6) is 5.75 Å². The number of benzene rings is 2. The molecule has 0 aliphatic rings. The number of ether oxygens (including phenoxy) is 1. The smallest absolute Gasteiger partial charge is 0.243 e. The van der Waals surface area contributed by atoms with Crippen molar-refractivity contribution < 1.29 is 4.74 Å². The summed E-state index contributed by atoms with van der Waals surface area (Å²) in [7, 11) is 0. The minimum absolute atomic E-state index is 0.695. The lowest BCUT2D eigenvalue weighted by Gasteiger charge is -2.24. The third-order valence-corrected chi connectivity index (χ3v) is 3.96. The predicted octanol–water partition coefficient (Wildman–Crippen LogP) is 5.28. The fourth-order valence-corrected chi connectivity index (χ4v) is 2.49. The van der Waals surface area contributed by atoms with Crippen molar-refractivity contribution in [1.29, 1.82) is 0 Å². The van der Waals surface area contributed by atoms with Crippen LogP contribution in [-0.2, 0) is 3.42 Å². The van der Waals surface area contributed by atoms with E-state index in [9.17, 15) is 0 Å². The number of rotatable bonds is 3. The molecule has 0 heterocycles. The summed E-state index contributed by atoms with van der Waals surface area (Å²) in [5.74, 6) is 0.854. The highest BCUT2D eigenvalue weighted by atomic mass is 79.9. The average Bonchev–Trinajstić information content (AvgIpc) is 2.32. The van der Waals surface area contributed by atoms with Crippen LogP contribution in [0.4, 0.5) is 0 Å². The van der Waals surface area contributed by atoms with Crippen molar-refractivity contribution in [3.8, 4) is 5.75 Å². The summed E-state index contributed by atoms with van der Waals surface area (Å²) in [6.45, 7) is 4.09. The van der Waals surface area contributed by atoms with Gasteiger partial charge in [-0.3, -0.25) is 0 Å². The van der Waals surface area contributed by atoms with Crippen LogP contribution >= 0.6 is 31.9 Å². The van der Waals surface area contributed by atoms with Gasteiger partial charge in [-0.15, -0.1) is 0 Å². The second-order valence-corrected chi connectivity index (χ2v) is 7.55. The molecule has 0 atom stereocenters. The van der Waals surface area contributed by atoms with Crippen molar-refractivity contribution in [3.05, 3.63) is 65.2 Å². The van der Waals surface area contributed by atoms with Crippen LogP contribution in [0.1, 0.15) is 16.7 Å². The third-order valence-electron chi connectivity index (χ3n) is 2.72. The maximum atomic E-state index is 5.99. The molecule has 0 unspecified atom stereocenters. The number of hydrogen-bond acceptors (Lipinski definition) is 1. The minimum atomic E-state index is -0.695. The third kappa shape index (κ3) is 3.15. The second-order valence-electron chi connectivity index (χ2n) is 4.25. The SMILES string of the molecule is Cc1ccc(C(Br)(Br)Oc2ccccc2C)cc1. The van der Waals surface area contributed by atoms with Crippen molar-refractivity contribution in [2.75, 3.05) is 0 Å². The Morgan fingerprint density at radius 2 is 1.50 bits per heavy atom. The van der Waals surface area contributed by atoms with E-state index in [1.54, 1.807) is 0 Å². The number of halogens is 2. The fourth-order valence-electron chi connectivity index (χ4n) is 1.62. The molecule has 3 heteroatoms. The standard InChI is InChI=1S/C15H14Br2O/c1-11-7-9-13(10-8-11)15(16,17)18-14-6-4-3-5-12(14)2/h3-10H,1-2H3. The Bertz CT molecular complexity index is 532. The van der Waals surface area contributed by atoms with Crippen LogP contribution in [0.15, 0.2) is 48.5 Å². The molecule has 2 aromatic rings. The zero-order valence-electron chi connectivity index (χ0n) is 10.3. The van der Waals surface area contributed by atoms with Gasteiger partial charge in [0.15, 0.2) is 0 Å². The van der Waals surface area contributed by atoms with Crippen LogP contribution in [0.25, 0.3) is 0 Å². The number of alkyl halides is 2. The first kappa shape index (κ1) is 13.6. The molecule has 0 radical (unpaired) electrons. The van der Waals surface area contributed by atoms with Crippen molar-refractivity contribution in [3.63, 3.8) is 0 Å². The largest absolute Gasteiger partial charge is 0.462 e. The lowest BCUT2D eigenvalue weighted by molar-refractivity contribution is 0.273. The molecule has 0 bridgehead atoms. The molecule has 0 saturated carbocycles. The minimum Gasteiger partial charge on any atom is -0.462 e. The van der Waals surface area contributed by atoms with E-state index in [1.807, 2.05) is 43.3 Å². The molecule has 94 valence electrons. The van der Waals surface area contributed by atoms with Gasteiger partial charge in [0.05, 0.1) is 0 Å². The molecule has 0 spiro atoms. The van der Waals surface area contributed by atoms with Gasteiger partial charge in [-0.25, -0.2) is 0 Å². The average molecular weight is 370 g/mol. The molecular weight excluding hydrogens is 356 g/mol. The molecular formula is C15H14Br2O. The van der Waals surface area contributed by atoms with Crippen molar-refractivity contribution >= 4 is 31.9 Å². The molecule has 0 fully saturated rings. The van der Waals surface area contributed by atoms with E-state index in [4.69, 9.17) is 4.74 Å². The molecule has 0 N–H and O–H groups in total. The second kappa shape index (κ2) is 5.45. The number of aryl methyl sites for hydroxylation is 2. The Hall–Kier alpha value is -0.800. The normalized spacial score (nSPS) is 11.3. The van der Waals surface area contributed by atoms with Gasteiger partial charge in [0.2, 0.25) is 3.42 Å². The molecule has 0 aliphatic carbocycles. The first-order chi connectivity index (χ1) is 8.49. The van der Waals surface area contributed by atoms with E-state index in [0.29, 0.717) is 0 Å². The van der Waals surface area contributed by atoms with E-state index >= 15 is 0 Å². The topological polar surface area (TPSA) is 9.23 Å². The highest BCUT2D eigenvalue weighted by molar-refractivity contribution is 9.24. The lowest BCUT2D eigenvalue weighted by Crippen LogP contribution is -2.18. The highest BCUT2D eigenvalue weighted by Gasteiger charge is 2.27. The molecule has 1 nitrogen and oxygen atoms in total. The molecule has 0 aromatic heterocycles. The van der Waals surface area contributed by atoms with Gasteiger partial charge >= 0.3 is 0 Å². The lowest BCUT2D eigenvalue weighted by atomic mass is 10.1. The highest BCUT2D eigenvalue weighted by Crippen LogP contribution is 2.40. The van der Waals surface area contributed by atoms with Gasteiger partial charge < -0.3 is 4.74 Å². The fraction of sp³-hybridized carbons (Fsp3) is 0.200. The summed E-state index contributed by atoms with van der Waals surface area (Å²) >= 11 is 7.16. The summed E-state index contributed by atoms with van der Waals surface area (Å²) in [5.41, 5.74) is 3.36. The van der Waals surface area contributed by atoms with E-state index in [2.05, 4.69) is 50.9 Å². The quantitative estimate of drug-likeness (QED) is 0.668. The van der Waals surface area contributed by atoms with Crippen molar-refractivity contribution in [2.45, 2.75) is 17.3 Å². The Labute approximate surface area is 124 Å². The van der Waals surface area contributed by atoms with Crippen molar-refractivity contribution in [1.82, 2.24) is 0 Å². The van der Waals surface area contributed by atoms with E-state index in [1.165, 1.54) is 5.56 Å². The van der Waals surface area contributed by atoms with Crippen LogP contribution in [0.3, 0.4) is 0 Å². The Balaban J connectivity index is 2.27. The number of hydrogen-bond donors (Lipinski definition) is 0. The van der Waals surface area contributed by atoms with Gasteiger partial charge in [0.1, 0.15) is 5.75 Å². The van der Waals surface area contributed by atoms with Gasteiger partial charge in [-0.1, -0.05) is 48.0 Å². The molecule has 0 aliphatic heterocycles. The Morgan fingerprint density at radius 3 is 2.11 bits per heavy atom. The molecule has 0 amide bonds. The Kier molecular flexibility index (Phi) is 4.13. The zero-order chi connectivity index (χ0) is 13.2. The molecule has 18 heavy (non-hydrogen) atoms. The van der Waals surface area contributed by atoms with Crippen LogP contribution in [0, 0.1) is 13.8 Å². The van der Waals surface area contributed by atoms with Gasteiger partial charge in [-0.2, -0.15) is 0 Å². The van der Waals surface area contributed by atoms with E-state index in [0.717, 1.165) is 16.9 Å². The van der Waals surface area contributed by atoms with E-state index in [-0.39, 0.29) is 0 Å². The number of para-hydroxylation sites is 1. The van der Waals surface area contributed by atoms with Crippen molar-refractivity contribution in [2.24, 2.45) is 0 Å². The van der Waals surface area contributed by atoms with Crippen LogP contribution in [0.2, 0.25) is 0 Å². The summed E-state index contributed by atoms with van der Waals surface area (Å²) in [6.07, 6.45) is 0. The van der Waals surface area contributed by atoms with Gasteiger partial charge in [0, 0.05) is 5.56 Å². The maximum absolute atomic E-state index is 5.99. The predicted molar refractivity (Wildman–Crippen MR) is 82.5 cm³/mol. The van der Waals surface area contributed by atoms with Crippen LogP contribution in [-0.4, -0.2) is 0 Å². The van der Waals surface area contributed by atoms with Gasteiger partial charge in [0.25, 0.3) is 0 Å². The molecule has 2 aromatic carbocycles. The summed E-state index contributed by atoms with van der Waals surface area (Å²) < 4.78 is 5.30. The van der Waals surface area contributed by atoms with E-state index < -0.39 is 3.42 Å². The maximum Gasteiger partial charge on any atom is 0.243 e. The molecule has 0 saturated heterocycles. The first-order valence-corrected chi connectivity index (χ1v) is 7.27. The summed E-state index contributed by atoms with van der Waals surface area (Å²) in [6, 6.07) is 16.2. The molecule has 2 rings (SSSR count). The van der Waals surface area contributed by atoms with Crippen LogP contribution < -0.4 is 4.74 Å². The zero-order valence-corrected chi connectivity index (χ0v) is 13.5. The Morgan fingerprint density at radius 1 is 0.889 bits per heavy atom.